The summed E-state index contributed by atoms with van der Waals surface area (Å²) in [6.07, 6.45) is 4.01. The van der Waals surface area contributed by atoms with Crippen LogP contribution in [0.15, 0.2) is 65.2 Å². The van der Waals surface area contributed by atoms with Crippen LogP contribution in [0.5, 0.6) is 11.5 Å². The maximum absolute atomic E-state index is 14.5. The van der Waals surface area contributed by atoms with Crippen LogP contribution in [0.1, 0.15) is 30.4 Å². The molecular formula is C31H27BrClN3O4S. The molecule has 10 heteroatoms. The summed E-state index contributed by atoms with van der Waals surface area (Å²) < 4.78 is 8.75. The number of nitrogens with zero attached hydrogens (tertiary/aromatic N) is 3. The summed E-state index contributed by atoms with van der Waals surface area (Å²) in [5.74, 6) is -1.31. The van der Waals surface area contributed by atoms with Gasteiger partial charge >= 0.3 is 0 Å². The van der Waals surface area contributed by atoms with Gasteiger partial charge in [-0.25, -0.2) is 4.90 Å². The van der Waals surface area contributed by atoms with E-state index in [2.05, 4.69) is 22.5 Å². The lowest BCUT2D eigenvalue weighted by atomic mass is 9.60. The number of fused-ring (bicyclic) bond motifs is 2. The predicted molar refractivity (Wildman–Crippen MR) is 166 cm³/mol. The van der Waals surface area contributed by atoms with Crippen molar-refractivity contribution in [1.82, 2.24) is 9.78 Å². The number of imide groups is 1. The van der Waals surface area contributed by atoms with E-state index in [-0.39, 0.29) is 23.3 Å². The van der Waals surface area contributed by atoms with E-state index >= 15 is 0 Å². The maximum atomic E-state index is 14.5. The number of hydrogen-bond donors (Lipinski definition) is 1. The van der Waals surface area contributed by atoms with E-state index in [9.17, 15) is 14.7 Å². The van der Waals surface area contributed by atoms with Crippen LogP contribution >= 0.6 is 38.9 Å². The molecule has 6 rings (SSSR count). The molecule has 3 unspecified atom stereocenters. The van der Waals surface area contributed by atoms with Crippen molar-refractivity contribution in [2.75, 3.05) is 12.0 Å². The summed E-state index contributed by atoms with van der Waals surface area (Å²) in [5, 5.41) is 17.6. The van der Waals surface area contributed by atoms with Crippen molar-refractivity contribution in [3.05, 3.63) is 81.3 Å². The molecule has 2 aromatic heterocycles. The molecule has 1 fully saturated rings. The summed E-state index contributed by atoms with van der Waals surface area (Å²) in [4.78, 5) is 30.7. The molecule has 1 aliphatic carbocycles. The average molecular weight is 653 g/mol. The minimum atomic E-state index is -1.19. The summed E-state index contributed by atoms with van der Waals surface area (Å²) in [6.45, 7) is 7.81. The Morgan fingerprint density at radius 2 is 2.02 bits per heavy atom. The zero-order valence-corrected chi connectivity index (χ0v) is 26.0. The first-order valence-corrected chi connectivity index (χ1v) is 15.0. The molecule has 0 spiro atoms. The van der Waals surface area contributed by atoms with E-state index in [1.54, 1.807) is 47.3 Å². The van der Waals surface area contributed by atoms with Crippen LogP contribution in [0.4, 0.5) is 5.82 Å². The Morgan fingerprint density at radius 1 is 1.27 bits per heavy atom. The first-order chi connectivity index (χ1) is 19.5. The highest BCUT2D eigenvalue weighted by atomic mass is 79.9. The smallest absolute Gasteiger partial charge is 0.242 e. The number of amides is 2. The Bertz CT molecular complexity index is 1830. The van der Waals surface area contributed by atoms with Crippen LogP contribution in [0, 0.1) is 18.3 Å². The van der Waals surface area contributed by atoms with Gasteiger partial charge in [-0.1, -0.05) is 46.3 Å². The Hall–Kier alpha value is -3.40. The van der Waals surface area contributed by atoms with Gasteiger partial charge in [0.15, 0.2) is 11.5 Å². The molecule has 41 heavy (non-hydrogen) atoms. The van der Waals surface area contributed by atoms with Gasteiger partial charge in [0, 0.05) is 38.8 Å². The van der Waals surface area contributed by atoms with Gasteiger partial charge in [0.2, 0.25) is 11.8 Å². The molecule has 0 saturated carbocycles. The number of benzene rings is 2. The number of carbonyl (C=O) groups is 2. The molecule has 0 bridgehead atoms. The first-order valence-electron chi connectivity index (χ1n) is 13.0. The molecule has 3 heterocycles. The Morgan fingerprint density at radius 3 is 2.73 bits per heavy atom. The van der Waals surface area contributed by atoms with E-state index in [1.807, 2.05) is 38.1 Å². The van der Waals surface area contributed by atoms with E-state index in [4.69, 9.17) is 21.4 Å². The lowest BCUT2D eigenvalue weighted by Gasteiger charge is -2.40. The SMILES string of the molecule is C=CC1=CCC2C(=O)N(c3cc(-c4sc5ccc(Cl)cc5c4C)nn3C)C(=O)C2(C)C1c1cc(Br)cc(OC)c1O. The van der Waals surface area contributed by atoms with Crippen LogP contribution in [0.3, 0.4) is 0 Å². The second-order valence-corrected chi connectivity index (χ2v) is 13.0. The summed E-state index contributed by atoms with van der Waals surface area (Å²) >= 11 is 11.3. The van der Waals surface area contributed by atoms with Gasteiger partial charge in [-0.15, -0.1) is 11.3 Å². The number of hydrogen-bond acceptors (Lipinski definition) is 6. The topological polar surface area (TPSA) is 84.7 Å². The van der Waals surface area contributed by atoms with Gasteiger partial charge in [-0.3, -0.25) is 14.3 Å². The van der Waals surface area contributed by atoms with Gasteiger partial charge in [0.25, 0.3) is 0 Å². The molecule has 1 saturated heterocycles. The summed E-state index contributed by atoms with van der Waals surface area (Å²) in [6, 6.07) is 11.0. The summed E-state index contributed by atoms with van der Waals surface area (Å²) in [7, 11) is 3.21. The van der Waals surface area contributed by atoms with E-state index in [0.29, 0.717) is 33.0 Å². The highest BCUT2D eigenvalue weighted by molar-refractivity contribution is 9.10. The third-order valence-electron chi connectivity index (χ3n) is 8.48. The number of aromatic nitrogens is 2. The fourth-order valence-electron chi connectivity index (χ4n) is 6.40. The van der Waals surface area contributed by atoms with Crippen molar-refractivity contribution in [2.24, 2.45) is 18.4 Å². The van der Waals surface area contributed by atoms with Crippen molar-refractivity contribution in [3.8, 4) is 22.1 Å². The number of anilines is 1. The number of aryl methyl sites for hydroxylation is 2. The van der Waals surface area contributed by atoms with Crippen molar-refractivity contribution in [1.29, 1.82) is 0 Å². The Balaban J connectivity index is 1.47. The second-order valence-electron chi connectivity index (χ2n) is 10.6. The number of carbonyl (C=O) groups excluding carboxylic acids is 2. The van der Waals surface area contributed by atoms with Crippen LogP contribution in [0.25, 0.3) is 20.7 Å². The number of phenolic OH excluding ortho intramolecular Hbond substituents is 1. The standard InChI is InChI=1S/C31H27BrClN3O4S/c1-6-16-7-9-21-29(38)36(30(39)31(21,3)26(16)20-11-17(32)12-23(40-5)27(20)37)25-14-22(34-35(25)4)28-15(2)19-13-18(33)8-10-24(19)41-28/h6-8,10-14,21,26,37H,1,9H2,2-5H3. The van der Waals surface area contributed by atoms with Crippen molar-refractivity contribution < 1.29 is 19.4 Å². The van der Waals surface area contributed by atoms with Gasteiger partial charge in [-0.2, -0.15) is 5.10 Å². The molecule has 2 aliphatic rings. The third-order valence-corrected chi connectivity index (χ3v) is 10.5. The van der Waals surface area contributed by atoms with E-state index in [1.165, 1.54) is 12.0 Å². The number of thiophene rings is 1. The number of allylic oxidation sites excluding steroid dienone is 3. The minimum Gasteiger partial charge on any atom is -0.504 e. The van der Waals surface area contributed by atoms with Crippen LogP contribution in [0.2, 0.25) is 5.02 Å². The molecule has 210 valence electrons. The number of aromatic hydroxyl groups is 1. The third kappa shape index (κ3) is 4.00. The number of ether oxygens (including phenoxy) is 1. The monoisotopic (exact) mass is 651 g/mol. The van der Waals surface area contributed by atoms with Gasteiger partial charge in [0.1, 0.15) is 11.5 Å². The minimum absolute atomic E-state index is 0.0721. The van der Waals surface area contributed by atoms with Crippen molar-refractivity contribution in [3.63, 3.8) is 0 Å². The second kappa shape index (κ2) is 9.86. The maximum Gasteiger partial charge on any atom is 0.242 e. The molecule has 2 aromatic carbocycles. The first kappa shape index (κ1) is 27.8. The average Bonchev–Trinajstić information content (AvgIpc) is 3.54. The molecule has 3 atom stereocenters. The molecule has 1 N–H and O–H groups in total. The molecule has 2 amide bonds. The zero-order chi connectivity index (χ0) is 29.4. The molecule has 1 aliphatic heterocycles. The van der Waals surface area contributed by atoms with Crippen LogP contribution < -0.4 is 9.64 Å². The van der Waals surface area contributed by atoms with Crippen LogP contribution in [-0.2, 0) is 16.6 Å². The number of rotatable bonds is 5. The highest BCUT2D eigenvalue weighted by Gasteiger charge is 2.63. The lowest BCUT2D eigenvalue weighted by molar-refractivity contribution is -0.127. The van der Waals surface area contributed by atoms with Gasteiger partial charge in [0.05, 0.1) is 23.3 Å². The Labute approximate surface area is 254 Å². The Kier molecular flexibility index (Phi) is 6.67. The lowest BCUT2D eigenvalue weighted by Crippen LogP contribution is -2.42. The van der Waals surface area contributed by atoms with Gasteiger partial charge < -0.3 is 9.84 Å². The quantitative estimate of drug-likeness (QED) is 0.225. The van der Waals surface area contributed by atoms with E-state index < -0.39 is 17.3 Å². The summed E-state index contributed by atoms with van der Waals surface area (Å²) in [5.41, 5.74) is 1.78. The molecule has 4 aromatic rings. The predicted octanol–water partition coefficient (Wildman–Crippen LogP) is 7.54. The van der Waals surface area contributed by atoms with E-state index in [0.717, 1.165) is 26.1 Å². The van der Waals surface area contributed by atoms with Crippen LogP contribution in [-0.4, -0.2) is 33.8 Å². The van der Waals surface area contributed by atoms with Gasteiger partial charge in [-0.05, 0) is 67.1 Å². The fourth-order valence-corrected chi connectivity index (χ4v) is 8.17. The number of methoxy groups -OCH3 is 1. The molecular weight excluding hydrogens is 626 g/mol. The molecule has 7 nitrogen and oxygen atoms in total. The van der Waals surface area contributed by atoms with Crippen molar-refractivity contribution >= 4 is 66.6 Å². The fraction of sp³-hybridized carbons (Fsp3) is 0.258. The largest absolute Gasteiger partial charge is 0.504 e. The normalized spacial score (nSPS) is 22.3. The number of phenols is 1. The molecule has 0 radical (unpaired) electrons. The van der Waals surface area contributed by atoms with Crippen molar-refractivity contribution in [2.45, 2.75) is 26.2 Å². The highest BCUT2D eigenvalue weighted by Crippen LogP contribution is 2.59. The number of halogens is 2. The zero-order valence-electron chi connectivity index (χ0n) is 22.9.